The van der Waals surface area contributed by atoms with E-state index in [9.17, 15) is 9.59 Å². The van der Waals surface area contributed by atoms with Crippen LogP contribution >= 0.6 is 0 Å². The number of aldehydes is 1. The zero-order chi connectivity index (χ0) is 26.7. The molecule has 0 aromatic carbocycles. The molecule has 7 heteroatoms. The number of piperazine rings is 1. The van der Waals surface area contributed by atoms with Crippen LogP contribution in [0.25, 0.3) is 5.57 Å². The minimum absolute atomic E-state index is 0.235. The van der Waals surface area contributed by atoms with Crippen molar-refractivity contribution in [2.24, 2.45) is 7.05 Å². The summed E-state index contributed by atoms with van der Waals surface area (Å²) in [6.45, 7) is 19.8. The molecule has 0 spiro atoms. The number of carbonyl (C=O) groups excluding carboxylic acids is 2. The van der Waals surface area contributed by atoms with Gasteiger partial charge in [0, 0.05) is 69.9 Å². The highest BCUT2D eigenvalue weighted by Gasteiger charge is 2.28. The summed E-state index contributed by atoms with van der Waals surface area (Å²) in [6.07, 6.45) is 10.8. The summed E-state index contributed by atoms with van der Waals surface area (Å²) < 4.78 is 2.12. The summed E-state index contributed by atoms with van der Waals surface area (Å²) >= 11 is 0. The fraction of sp³-hybridized carbons (Fsp3) is 0.621. The van der Waals surface area contributed by atoms with E-state index < -0.39 is 0 Å². The van der Waals surface area contributed by atoms with Gasteiger partial charge >= 0.3 is 0 Å². The molecule has 1 atom stereocenters. The molecule has 0 aliphatic carbocycles. The Morgan fingerprint density at radius 3 is 2.39 bits per heavy atom. The van der Waals surface area contributed by atoms with Crippen LogP contribution in [0.3, 0.4) is 0 Å². The lowest BCUT2D eigenvalue weighted by atomic mass is 10.1. The molecule has 1 aromatic rings. The van der Waals surface area contributed by atoms with Crippen molar-refractivity contribution in [2.45, 2.75) is 72.9 Å². The third-order valence-electron chi connectivity index (χ3n) is 7.17. The number of allylic oxidation sites excluding steroid dienone is 5. The zero-order valence-corrected chi connectivity index (χ0v) is 23.4. The molecule has 3 rings (SSSR count). The first kappa shape index (κ1) is 29.7. The molecule has 0 N–H and O–H groups in total. The van der Waals surface area contributed by atoms with Crippen molar-refractivity contribution in [2.75, 3.05) is 39.3 Å². The van der Waals surface area contributed by atoms with Crippen LogP contribution in [0.15, 0.2) is 30.4 Å². The Hall–Kier alpha value is -2.51. The SMILES string of the molecule is C=C(C=O)/C=C\C(=C/C)c1nc2c(n1C)CN(CC(=O)N1CCN(C(CC)CCC)CC1)CC2.CC. The first-order valence-electron chi connectivity index (χ1n) is 13.7. The highest BCUT2D eigenvalue weighted by atomic mass is 16.2. The monoisotopic (exact) mass is 497 g/mol. The molecular formula is C29H47N5O2. The van der Waals surface area contributed by atoms with Gasteiger partial charge in [-0.2, -0.15) is 0 Å². The number of amides is 1. The van der Waals surface area contributed by atoms with Crippen LogP contribution in [0.5, 0.6) is 0 Å². The number of aromatic nitrogens is 2. The average molecular weight is 498 g/mol. The quantitative estimate of drug-likeness (QED) is 0.275. The van der Waals surface area contributed by atoms with Gasteiger partial charge in [0.15, 0.2) is 0 Å². The van der Waals surface area contributed by atoms with E-state index >= 15 is 0 Å². The molecule has 3 heterocycles. The van der Waals surface area contributed by atoms with Crippen LogP contribution in [0.1, 0.15) is 71.1 Å². The van der Waals surface area contributed by atoms with Crippen LogP contribution in [-0.4, -0.2) is 81.8 Å². The minimum atomic E-state index is 0.235. The Balaban J connectivity index is 0.00000222. The van der Waals surface area contributed by atoms with Crippen molar-refractivity contribution in [3.8, 4) is 0 Å². The molecule has 200 valence electrons. The number of fused-ring (bicyclic) bond motifs is 1. The van der Waals surface area contributed by atoms with Crippen LogP contribution in [-0.2, 0) is 29.6 Å². The van der Waals surface area contributed by atoms with Crippen molar-refractivity contribution in [3.63, 3.8) is 0 Å². The number of imidazole rings is 1. The van der Waals surface area contributed by atoms with E-state index in [-0.39, 0.29) is 5.91 Å². The molecule has 1 unspecified atom stereocenters. The molecule has 0 bridgehead atoms. The van der Waals surface area contributed by atoms with E-state index in [1.807, 2.05) is 44.9 Å². The van der Waals surface area contributed by atoms with E-state index in [0.29, 0.717) is 18.2 Å². The lowest BCUT2D eigenvalue weighted by Gasteiger charge is -2.40. The molecule has 36 heavy (non-hydrogen) atoms. The summed E-state index contributed by atoms with van der Waals surface area (Å²) in [5, 5.41) is 0. The second-order valence-corrected chi connectivity index (χ2v) is 9.39. The maximum atomic E-state index is 13.1. The molecular weight excluding hydrogens is 450 g/mol. The predicted molar refractivity (Wildman–Crippen MR) is 149 cm³/mol. The normalized spacial score (nSPS) is 17.9. The van der Waals surface area contributed by atoms with Crippen molar-refractivity contribution >= 4 is 17.8 Å². The molecule has 1 saturated heterocycles. The van der Waals surface area contributed by atoms with Gasteiger partial charge in [0.2, 0.25) is 5.91 Å². The van der Waals surface area contributed by atoms with Crippen molar-refractivity contribution < 1.29 is 9.59 Å². The Morgan fingerprint density at radius 1 is 1.11 bits per heavy atom. The fourth-order valence-electron chi connectivity index (χ4n) is 5.08. The Labute approximate surface area is 218 Å². The van der Waals surface area contributed by atoms with E-state index in [1.54, 1.807) is 6.08 Å². The third-order valence-corrected chi connectivity index (χ3v) is 7.17. The lowest BCUT2D eigenvalue weighted by molar-refractivity contribution is -0.134. The topological polar surface area (TPSA) is 61.7 Å². The predicted octanol–water partition coefficient (Wildman–Crippen LogP) is 4.24. The standard InChI is InChI=1S/C27H41N5O2.C2H6/c1-6-9-23(8-3)31-14-16-32(17-15-31)26(34)19-30-13-12-24-25(18-30)29(5)27(28-24)22(7-2)11-10-21(4)20-33;1-2/h7,10-11,20,23H,4,6,8-9,12-19H2,1-3,5H3;1-2H3/b11-10-,22-7+;. The van der Waals surface area contributed by atoms with Gasteiger partial charge in [-0.15, -0.1) is 0 Å². The summed E-state index contributed by atoms with van der Waals surface area (Å²) in [7, 11) is 2.03. The lowest BCUT2D eigenvalue weighted by Crippen LogP contribution is -2.53. The van der Waals surface area contributed by atoms with Crippen LogP contribution in [0.2, 0.25) is 0 Å². The highest BCUT2D eigenvalue weighted by molar-refractivity contribution is 5.80. The largest absolute Gasteiger partial charge is 0.339 e. The Kier molecular flexibility index (Phi) is 12.3. The Bertz CT molecular complexity index is 938. The van der Waals surface area contributed by atoms with Gasteiger partial charge in [0.05, 0.1) is 17.9 Å². The van der Waals surface area contributed by atoms with Gasteiger partial charge in [-0.25, -0.2) is 4.98 Å². The number of rotatable bonds is 10. The van der Waals surface area contributed by atoms with E-state index in [2.05, 4.69) is 34.8 Å². The maximum Gasteiger partial charge on any atom is 0.236 e. The molecule has 1 fully saturated rings. The smallest absolute Gasteiger partial charge is 0.236 e. The molecule has 1 aromatic heterocycles. The molecule has 2 aliphatic heterocycles. The van der Waals surface area contributed by atoms with Gasteiger partial charge in [0.25, 0.3) is 0 Å². The fourth-order valence-corrected chi connectivity index (χ4v) is 5.08. The number of hydrogen-bond acceptors (Lipinski definition) is 5. The molecule has 0 radical (unpaired) electrons. The average Bonchev–Trinajstić information content (AvgIpc) is 3.24. The van der Waals surface area contributed by atoms with Crippen molar-refractivity contribution in [1.82, 2.24) is 24.3 Å². The molecule has 7 nitrogen and oxygen atoms in total. The Morgan fingerprint density at radius 2 is 1.81 bits per heavy atom. The first-order chi connectivity index (χ1) is 17.4. The van der Waals surface area contributed by atoms with Crippen molar-refractivity contribution in [1.29, 1.82) is 0 Å². The van der Waals surface area contributed by atoms with Gasteiger partial charge in [-0.1, -0.05) is 58.9 Å². The first-order valence-corrected chi connectivity index (χ1v) is 13.7. The molecule has 0 saturated carbocycles. The van der Waals surface area contributed by atoms with Crippen LogP contribution in [0.4, 0.5) is 0 Å². The summed E-state index contributed by atoms with van der Waals surface area (Å²) in [4.78, 5) is 35.7. The van der Waals surface area contributed by atoms with Gasteiger partial charge in [-0.05, 0) is 19.8 Å². The number of carbonyl (C=O) groups is 2. The summed E-state index contributed by atoms with van der Waals surface area (Å²) in [5.74, 6) is 1.11. The number of hydrogen-bond donors (Lipinski definition) is 0. The zero-order valence-electron chi connectivity index (χ0n) is 23.4. The van der Waals surface area contributed by atoms with Crippen LogP contribution in [0, 0.1) is 0 Å². The number of nitrogens with zero attached hydrogens (tertiary/aromatic N) is 5. The summed E-state index contributed by atoms with van der Waals surface area (Å²) in [6, 6.07) is 0.648. The molecule has 1 amide bonds. The van der Waals surface area contributed by atoms with E-state index in [0.717, 1.165) is 74.8 Å². The van der Waals surface area contributed by atoms with Gasteiger partial charge in [-0.3, -0.25) is 19.4 Å². The maximum absolute atomic E-state index is 13.1. The van der Waals surface area contributed by atoms with Crippen molar-refractivity contribution in [3.05, 3.63) is 47.6 Å². The van der Waals surface area contributed by atoms with Crippen LogP contribution < -0.4 is 0 Å². The second kappa shape index (κ2) is 14.9. The third kappa shape index (κ3) is 7.50. The van der Waals surface area contributed by atoms with E-state index in [1.165, 1.54) is 19.3 Å². The van der Waals surface area contributed by atoms with E-state index in [4.69, 9.17) is 4.98 Å². The molecule has 2 aliphatic rings. The van der Waals surface area contributed by atoms with Gasteiger partial charge < -0.3 is 9.47 Å². The second-order valence-electron chi connectivity index (χ2n) is 9.39. The highest BCUT2D eigenvalue weighted by Crippen LogP contribution is 2.24. The summed E-state index contributed by atoms with van der Waals surface area (Å²) in [5.41, 5.74) is 3.64. The minimum Gasteiger partial charge on any atom is -0.339 e. The van der Waals surface area contributed by atoms with Gasteiger partial charge in [0.1, 0.15) is 12.1 Å².